The first-order valence-corrected chi connectivity index (χ1v) is 11.9. The Morgan fingerprint density at radius 1 is 1.08 bits per heavy atom. The van der Waals surface area contributed by atoms with Crippen LogP contribution in [0.3, 0.4) is 0 Å². The normalized spacial score (nSPS) is 15.8. The van der Waals surface area contributed by atoms with Gasteiger partial charge in [-0.3, -0.25) is 9.36 Å². The maximum absolute atomic E-state index is 14.0. The summed E-state index contributed by atoms with van der Waals surface area (Å²) in [7, 11) is 3.03. The molecule has 188 valence electrons. The summed E-state index contributed by atoms with van der Waals surface area (Å²) in [6.07, 6.45) is 0. The van der Waals surface area contributed by atoms with Crippen LogP contribution >= 0.6 is 11.6 Å². The zero-order chi connectivity index (χ0) is 25.7. The first-order chi connectivity index (χ1) is 18.0. The molecule has 37 heavy (non-hydrogen) atoms. The molecule has 0 unspecified atom stereocenters. The number of para-hydroxylation sites is 2. The number of hydrogen-bond acceptors (Lipinski definition) is 7. The van der Waals surface area contributed by atoms with Gasteiger partial charge in [-0.25, -0.2) is 4.98 Å². The number of rotatable bonds is 5. The van der Waals surface area contributed by atoms with Crippen molar-refractivity contribution >= 4 is 40.2 Å². The van der Waals surface area contributed by atoms with Gasteiger partial charge in [-0.1, -0.05) is 29.8 Å². The number of nitrogens with zero attached hydrogens (tertiary/aromatic N) is 2. The highest BCUT2D eigenvalue weighted by atomic mass is 35.5. The van der Waals surface area contributed by atoms with E-state index < -0.39 is 6.04 Å². The molecule has 0 saturated carbocycles. The lowest BCUT2D eigenvalue weighted by molar-refractivity contribution is -0.113. The number of carbonyl (C=O) groups excluding carboxylic acids is 1. The molecule has 2 N–H and O–H groups in total. The van der Waals surface area contributed by atoms with Crippen molar-refractivity contribution in [2.24, 2.45) is 0 Å². The number of anilines is 2. The second kappa shape index (κ2) is 8.94. The molecule has 0 radical (unpaired) electrons. The minimum absolute atomic E-state index is 0.157. The molecule has 2 aliphatic rings. The van der Waals surface area contributed by atoms with Gasteiger partial charge >= 0.3 is 0 Å². The van der Waals surface area contributed by atoms with Gasteiger partial charge in [0.1, 0.15) is 11.5 Å². The van der Waals surface area contributed by atoms with Crippen LogP contribution in [0.25, 0.3) is 11.0 Å². The standard InChI is InChI=1S/C27H23ClN4O5/c1-14-24(26(33)30-18-12-21(34-2)16(28)11-22(18)35-3)25(15-8-9-20-23(10-15)37-13-36-20)32-19-7-5-4-6-17(19)31-27(32)29-14/h4-12,25H,13H2,1-3H3,(H,29,31)(H,30,33)/t25-/m0/s1. The molecule has 2 aliphatic heterocycles. The molecule has 10 heteroatoms. The molecule has 0 bridgehead atoms. The predicted octanol–water partition coefficient (Wildman–Crippen LogP) is 5.36. The van der Waals surface area contributed by atoms with Crippen LogP contribution in [-0.4, -0.2) is 36.5 Å². The van der Waals surface area contributed by atoms with Gasteiger partial charge < -0.3 is 29.6 Å². The van der Waals surface area contributed by atoms with Crippen molar-refractivity contribution in [3.05, 3.63) is 76.5 Å². The number of halogens is 1. The van der Waals surface area contributed by atoms with Crippen molar-refractivity contribution in [3.63, 3.8) is 0 Å². The van der Waals surface area contributed by atoms with Crippen molar-refractivity contribution in [3.8, 4) is 23.0 Å². The van der Waals surface area contributed by atoms with Crippen LogP contribution in [0.15, 0.2) is 65.9 Å². The van der Waals surface area contributed by atoms with Gasteiger partial charge in [0.05, 0.1) is 47.6 Å². The average Bonchev–Trinajstić information content (AvgIpc) is 3.52. The monoisotopic (exact) mass is 518 g/mol. The number of hydrogen-bond donors (Lipinski definition) is 2. The number of allylic oxidation sites excluding steroid dienone is 1. The Kier molecular flexibility index (Phi) is 5.57. The summed E-state index contributed by atoms with van der Waals surface area (Å²) in [6.45, 7) is 2.02. The Labute approximate surface area is 217 Å². The Morgan fingerprint density at radius 2 is 1.86 bits per heavy atom. The number of methoxy groups -OCH3 is 2. The summed E-state index contributed by atoms with van der Waals surface area (Å²) in [4.78, 5) is 18.8. The average molecular weight is 519 g/mol. The zero-order valence-corrected chi connectivity index (χ0v) is 21.1. The van der Waals surface area contributed by atoms with E-state index in [9.17, 15) is 4.79 Å². The van der Waals surface area contributed by atoms with Crippen LogP contribution in [-0.2, 0) is 4.79 Å². The molecule has 0 fully saturated rings. The maximum Gasteiger partial charge on any atom is 0.255 e. The van der Waals surface area contributed by atoms with E-state index >= 15 is 0 Å². The molecule has 3 aromatic carbocycles. The van der Waals surface area contributed by atoms with E-state index in [1.54, 1.807) is 12.1 Å². The minimum Gasteiger partial charge on any atom is -0.495 e. The molecule has 0 saturated heterocycles. The van der Waals surface area contributed by atoms with E-state index in [1.807, 2.05) is 54.0 Å². The third-order valence-electron chi connectivity index (χ3n) is 6.51. The van der Waals surface area contributed by atoms with E-state index in [4.69, 9.17) is 35.5 Å². The van der Waals surface area contributed by atoms with E-state index in [-0.39, 0.29) is 12.7 Å². The Hall–Kier alpha value is -4.37. The second-order valence-corrected chi connectivity index (χ2v) is 9.02. The minimum atomic E-state index is -0.502. The van der Waals surface area contributed by atoms with Gasteiger partial charge in [0.2, 0.25) is 12.7 Å². The van der Waals surface area contributed by atoms with Crippen LogP contribution < -0.4 is 29.6 Å². The number of ether oxygens (including phenoxy) is 4. The SMILES string of the molecule is COc1cc(NC(=O)C2=C(C)Nc3nc4ccccc4n3[C@H]2c2ccc3c(c2)OCO3)c(OC)cc1Cl. The third kappa shape index (κ3) is 3.79. The van der Waals surface area contributed by atoms with Gasteiger partial charge in [-0.15, -0.1) is 0 Å². The van der Waals surface area contributed by atoms with Crippen LogP contribution in [0.1, 0.15) is 18.5 Å². The molecule has 4 aromatic rings. The molecule has 1 atom stereocenters. The molecule has 0 spiro atoms. The van der Waals surface area contributed by atoms with E-state index in [0.29, 0.717) is 50.9 Å². The lowest BCUT2D eigenvalue weighted by atomic mass is 9.94. The van der Waals surface area contributed by atoms with Crippen LogP contribution in [0.4, 0.5) is 11.6 Å². The quantitative estimate of drug-likeness (QED) is 0.367. The van der Waals surface area contributed by atoms with Crippen molar-refractivity contribution in [1.82, 2.24) is 9.55 Å². The number of nitrogens with one attached hydrogen (secondary N) is 2. The number of imidazole rings is 1. The molecule has 0 aliphatic carbocycles. The second-order valence-electron chi connectivity index (χ2n) is 8.61. The van der Waals surface area contributed by atoms with Gasteiger partial charge in [-0.05, 0) is 36.8 Å². The molecule has 1 amide bonds. The van der Waals surface area contributed by atoms with Crippen molar-refractivity contribution < 1.29 is 23.7 Å². The fourth-order valence-electron chi connectivity index (χ4n) is 4.80. The highest BCUT2D eigenvalue weighted by Crippen LogP contribution is 2.43. The number of benzene rings is 3. The van der Waals surface area contributed by atoms with Crippen LogP contribution in [0.2, 0.25) is 5.02 Å². The molecule has 3 heterocycles. The Morgan fingerprint density at radius 3 is 2.68 bits per heavy atom. The maximum atomic E-state index is 14.0. The lowest BCUT2D eigenvalue weighted by Gasteiger charge is -2.31. The van der Waals surface area contributed by atoms with Gasteiger partial charge in [0.15, 0.2) is 11.5 Å². The van der Waals surface area contributed by atoms with Gasteiger partial charge in [0.25, 0.3) is 5.91 Å². The first kappa shape index (κ1) is 23.1. The van der Waals surface area contributed by atoms with Crippen LogP contribution in [0.5, 0.6) is 23.0 Å². The van der Waals surface area contributed by atoms with Gasteiger partial charge in [-0.2, -0.15) is 0 Å². The fourth-order valence-corrected chi connectivity index (χ4v) is 5.04. The summed E-state index contributed by atoms with van der Waals surface area (Å²) < 4.78 is 24.0. The number of amides is 1. The zero-order valence-electron chi connectivity index (χ0n) is 20.3. The van der Waals surface area contributed by atoms with Crippen molar-refractivity contribution in [1.29, 1.82) is 0 Å². The van der Waals surface area contributed by atoms with E-state index in [0.717, 1.165) is 16.6 Å². The Bertz CT molecular complexity index is 1600. The van der Waals surface area contributed by atoms with Crippen LogP contribution in [0, 0.1) is 0 Å². The number of carbonyl (C=O) groups is 1. The summed E-state index contributed by atoms with van der Waals surface area (Å²) >= 11 is 6.27. The molecule has 1 aromatic heterocycles. The highest BCUT2D eigenvalue weighted by Gasteiger charge is 2.35. The molecular formula is C27H23ClN4O5. The molecular weight excluding hydrogens is 496 g/mol. The topological polar surface area (TPSA) is 95.9 Å². The first-order valence-electron chi connectivity index (χ1n) is 11.6. The third-order valence-corrected chi connectivity index (χ3v) is 6.81. The predicted molar refractivity (Wildman–Crippen MR) is 140 cm³/mol. The largest absolute Gasteiger partial charge is 0.495 e. The van der Waals surface area contributed by atoms with Crippen molar-refractivity contribution in [2.75, 3.05) is 31.6 Å². The van der Waals surface area contributed by atoms with Gasteiger partial charge in [0, 0.05) is 17.8 Å². The fraction of sp³-hybridized carbons (Fsp3) is 0.185. The summed E-state index contributed by atoms with van der Waals surface area (Å²) in [5.41, 5.74) is 4.15. The van der Waals surface area contributed by atoms with E-state index in [1.165, 1.54) is 14.2 Å². The summed E-state index contributed by atoms with van der Waals surface area (Å²) in [6, 6.07) is 16.3. The summed E-state index contributed by atoms with van der Waals surface area (Å²) in [5, 5.41) is 6.69. The molecule has 9 nitrogen and oxygen atoms in total. The highest BCUT2D eigenvalue weighted by molar-refractivity contribution is 6.32. The number of aromatic nitrogens is 2. The van der Waals surface area contributed by atoms with Crippen molar-refractivity contribution in [2.45, 2.75) is 13.0 Å². The van der Waals surface area contributed by atoms with E-state index in [2.05, 4.69) is 10.6 Å². The lowest BCUT2D eigenvalue weighted by Crippen LogP contribution is -2.31. The number of fused-ring (bicyclic) bond motifs is 4. The smallest absolute Gasteiger partial charge is 0.255 e. The molecule has 6 rings (SSSR count). The Balaban J connectivity index is 1.49. The summed E-state index contributed by atoms with van der Waals surface area (Å²) in [5.74, 6) is 2.44.